The van der Waals surface area contributed by atoms with Gasteiger partial charge in [0.2, 0.25) is 0 Å². The summed E-state index contributed by atoms with van der Waals surface area (Å²) in [5.74, 6) is 0.317. The van der Waals surface area contributed by atoms with E-state index in [-0.39, 0.29) is 0 Å². The molecule has 0 spiro atoms. The summed E-state index contributed by atoms with van der Waals surface area (Å²) in [6.07, 6.45) is 1.47. The monoisotopic (exact) mass is 208 g/mol. The highest BCUT2D eigenvalue weighted by molar-refractivity contribution is 7.12. The van der Waals surface area contributed by atoms with Crippen LogP contribution in [0.3, 0.4) is 0 Å². The van der Waals surface area contributed by atoms with E-state index in [1.807, 2.05) is 5.38 Å². The van der Waals surface area contributed by atoms with Crippen LogP contribution in [0, 0.1) is 0 Å². The van der Waals surface area contributed by atoms with Gasteiger partial charge in [-0.2, -0.15) is 5.10 Å². The average Bonchev–Trinajstić information content (AvgIpc) is 2.71. The van der Waals surface area contributed by atoms with Crippen molar-refractivity contribution in [1.82, 2.24) is 14.8 Å². The molecule has 0 aliphatic heterocycles. The first kappa shape index (κ1) is 8.89. The molecule has 0 aliphatic rings. The lowest BCUT2D eigenvalue weighted by Crippen LogP contribution is -2.08. The molecule has 0 bridgehead atoms. The lowest BCUT2D eigenvalue weighted by atomic mass is 10.3. The normalized spacial score (nSPS) is 10.4. The molecule has 0 radical (unpaired) electrons. The van der Waals surface area contributed by atoms with Crippen LogP contribution in [0.15, 0.2) is 17.8 Å². The van der Waals surface area contributed by atoms with Crippen LogP contribution in [-0.2, 0) is 7.05 Å². The van der Waals surface area contributed by atoms with Crippen molar-refractivity contribution in [2.75, 3.05) is 0 Å². The number of hydrogen-bond acceptors (Lipinski definition) is 4. The summed E-state index contributed by atoms with van der Waals surface area (Å²) < 4.78 is 1.65. The van der Waals surface area contributed by atoms with Crippen LogP contribution in [0.5, 0.6) is 0 Å². The van der Waals surface area contributed by atoms with Crippen molar-refractivity contribution in [3.05, 3.63) is 22.7 Å². The number of aromatic nitrogens is 3. The van der Waals surface area contributed by atoms with Gasteiger partial charge in [0.25, 0.3) is 5.91 Å². The molecule has 0 saturated carbocycles. The van der Waals surface area contributed by atoms with Crippen LogP contribution in [0.4, 0.5) is 0 Å². The minimum Gasteiger partial charge on any atom is -0.365 e. The molecule has 6 heteroatoms. The molecule has 5 nitrogen and oxygen atoms in total. The van der Waals surface area contributed by atoms with Crippen LogP contribution >= 0.6 is 11.3 Å². The van der Waals surface area contributed by atoms with E-state index >= 15 is 0 Å². The Bertz CT molecular complexity index is 473. The second-order valence-electron chi connectivity index (χ2n) is 2.77. The van der Waals surface area contributed by atoms with Crippen LogP contribution < -0.4 is 5.73 Å². The molecular formula is C8H8N4OS. The molecule has 0 fully saturated rings. The van der Waals surface area contributed by atoms with Gasteiger partial charge in [-0.05, 0) is 6.07 Å². The fourth-order valence-corrected chi connectivity index (χ4v) is 1.88. The first-order chi connectivity index (χ1) is 6.68. The van der Waals surface area contributed by atoms with Crippen molar-refractivity contribution in [3.63, 3.8) is 0 Å². The van der Waals surface area contributed by atoms with Crippen molar-refractivity contribution in [2.24, 2.45) is 12.8 Å². The summed E-state index contributed by atoms with van der Waals surface area (Å²) in [5, 5.41) is 5.78. The summed E-state index contributed by atoms with van der Waals surface area (Å²) in [6.45, 7) is 0. The third kappa shape index (κ3) is 1.39. The molecule has 0 aromatic carbocycles. The van der Waals surface area contributed by atoms with Crippen LogP contribution in [0.1, 0.15) is 9.67 Å². The zero-order valence-corrected chi connectivity index (χ0v) is 8.28. The molecule has 2 aromatic heterocycles. The highest BCUT2D eigenvalue weighted by atomic mass is 32.1. The first-order valence-electron chi connectivity index (χ1n) is 3.91. The van der Waals surface area contributed by atoms with Gasteiger partial charge >= 0.3 is 0 Å². The average molecular weight is 208 g/mol. The number of nitrogens with zero attached hydrogens (tertiary/aromatic N) is 3. The molecular weight excluding hydrogens is 200 g/mol. The Labute approximate surface area is 84.2 Å². The summed E-state index contributed by atoms with van der Waals surface area (Å²) in [7, 11) is 1.80. The number of thiophene rings is 1. The Morgan fingerprint density at radius 2 is 2.43 bits per heavy atom. The molecule has 0 aliphatic carbocycles. The fourth-order valence-electron chi connectivity index (χ4n) is 1.14. The lowest BCUT2D eigenvalue weighted by Gasteiger charge is -1.94. The second kappa shape index (κ2) is 3.22. The summed E-state index contributed by atoms with van der Waals surface area (Å²) in [4.78, 5) is 15.5. The van der Waals surface area contributed by atoms with Gasteiger partial charge in [-0.1, -0.05) is 0 Å². The molecule has 2 heterocycles. The number of hydrogen-bond donors (Lipinski definition) is 1. The largest absolute Gasteiger partial charge is 0.365 e. The van der Waals surface area contributed by atoms with Crippen molar-refractivity contribution < 1.29 is 4.79 Å². The van der Waals surface area contributed by atoms with E-state index in [0.29, 0.717) is 4.88 Å². The maximum atomic E-state index is 10.9. The van der Waals surface area contributed by atoms with Crippen LogP contribution in [0.25, 0.3) is 11.4 Å². The van der Waals surface area contributed by atoms with Gasteiger partial charge in [0.1, 0.15) is 6.33 Å². The predicted octanol–water partition coefficient (Wildman–Crippen LogP) is 0.643. The smallest absolute Gasteiger partial charge is 0.258 e. The van der Waals surface area contributed by atoms with E-state index < -0.39 is 5.91 Å². The van der Waals surface area contributed by atoms with E-state index in [0.717, 1.165) is 11.4 Å². The lowest BCUT2D eigenvalue weighted by molar-refractivity contribution is 0.100. The van der Waals surface area contributed by atoms with Crippen LogP contribution in [-0.4, -0.2) is 20.7 Å². The van der Waals surface area contributed by atoms with E-state index in [1.165, 1.54) is 17.7 Å². The molecule has 0 saturated heterocycles. The van der Waals surface area contributed by atoms with E-state index in [2.05, 4.69) is 10.1 Å². The maximum Gasteiger partial charge on any atom is 0.258 e. The first-order valence-corrected chi connectivity index (χ1v) is 4.79. The Balaban J connectivity index is 2.43. The number of rotatable bonds is 2. The molecule has 2 aromatic rings. The number of nitrogens with two attached hydrogens (primary N) is 1. The Morgan fingerprint density at radius 3 is 2.93 bits per heavy atom. The summed E-state index contributed by atoms with van der Waals surface area (Å²) >= 11 is 1.31. The maximum absolute atomic E-state index is 10.9. The zero-order chi connectivity index (χ0) is 10.1. The van der Waals surface area contributed by atoms with E-state index in [1.54, 1.807) is 17.8 Å². The van der Waals surface area contributed by atoms with Crippen molar-refractivity contribution in [1.29, 1.82) is 0 Å². The van der Waals surface area contributed by atoms with Gasteiger partial charge in [-0.3, -0.25) is 4.79 Å². The van der Waals surface area contributed by atoms with Crippen LogP contribution in [0.2, 0.25) is 0 Å². The molecule has 1 amide bonds. The molecule has 0 unspecified atom stereocenters. The molecule has 2 N–H and O–H groups in total. The van der Waals surface area contributed by atoms with Gasteiger partial charge in [0, 0.05) is 18.0 Å². The van der Waals surface area contributed by atoms with E-state index in [9.17, 15) is 4.79 Å². The van der Waals surface area contributed by atoms with Crippen molar-refractivity contribution in [3.8, 4) is 11.4 Å². The van der Waals surface area contributed by atoms with Crippen molar-refractivity contribution in [2.45, 2.75) is 0 Å². The molecule has 72 valence electrons. The molecule has 14 heavy (non-hydrogen) atoms. The third-order valence-corrected chi connectivity index (χ3v) is 2.76. The third-order valence-electron chi connectivity index (χ3n) is 1.81. The van der Waals surface area contributed by atoms with Gasteiger partial charge in [0.05, 0.1) is 4.88 Å². The SMILES string of the molecule is Cn1ncnc1-c1csc(C(N)=O)c1. The predicted molar refractivity (Wildman–Crippen MR) is 52.8 cm³/mol. The summed E-state index contributed by atoms with van der Waals surface area (Å²) in [6, 6.07) is 1.72. The highest BCUT2D eigenvalue weighted by Gasteiger charge is 2.09. The molecule has 2 rings (SSSR count). The Hall–Kier alpha value is -1.69. The summed E-state index contributed by atoms with van der Waals surface area (Å²) in [5.41, 5.74) is 6.01. The van der Waals surface area contributed by atoms with Gasteiger partial charge in [-0.25, -0.2) is 9.67 Å². The number of amides is 1. The number of carbonyl (C=O) groups is 1. The van der Waals surface area contributed by atoms with E-state index in [4.69, 9.17) is 5.73 Å². The Morgan fingerprint density at radius 1 is 1.64 bits per heavy atom. The number of aryl methyl sites for hydroxylation is 1. The van der Waals surface area contributed by atoms with Gasteiger partial charge in [-0.15, -0.1) is 11.3 Å². The quantitative estimate of drug-likeness (QED) is 0.787. The zero-order valence-electron chi connectivity index (χ0n) is 7.47. The number of primary amides is 1. The fraction of sp³-hybridized carbons (Fsp3) is 0.125. The standard InChI is InChI=1S/C8H8N4OS/c1-12-8(10-4-11-12)5-2-6(7(9)13)14-3-5/h2-4H,1H3,(H2,9,13). The van der Waals surface area contributed by atoms with Gasteiger partial charge < -0.3 is 5.73 Å². The topological polar surface area (TPSA) is 73.8 Å². The number of carbonyl (C=O) groups excluding carboxylic acids is 1. The van der Waals surface area contributed by atoms with Gasteiger partial charge in [0.15, 0.2) is 5.82 Å². The Kier molecular flexibility index (Phi) is 2.05. The minimum atomic E-state index is -0.414. The second-order valence-corrected chi connectivity index (χ2v) is 3.68. The van der Waals surface area contributed by atoms with Crippen molar-refractivity contribution >= 4 is 17.2 Å². The highest BCUT2D eigenvalue weighted by Crippen LogP contribution is 2.22. The molecule has 0 atom stereocenters. The minimum absolute atomic E-state index is 0.414.